The summed E-state index contributed by atoms with van der Waals surface area (Å²) in [6, 6.07) is 0. The average Bonchev–Trinajstić information content (AvgIpc) is 2.53. The van der Waals surface area contributed by atoms with E-state index < -0.39 is 0 Å². The molecule has 1 aliphatic rings. The van der Waals surface area contributed by atoms with E-state index in [1.54, 1.807) is 0 Å². The Balaban J connectivity index is 2.03. The van der Waals surface area contributed by atoms with Crippen molar-refractivity contribution in [3.8, 4) is 0 Å². The first-order chi connectivity index (χ1) is 5.86. The number of nitrogens with two attached hydrogens (primary N) is 1. The van der Waals surface area contributed by atoms with Gasteiger partial charge in [-0.05, 0) is 12.8 Å². The first-order valence-electron chi connectivity index (χ1n) is 4.84. The molecule has 0 aromatic rings. The summed E-state index contributed by atoms with van der Waals surface area (Å²) in [4.78, 5) is 0. The fourth-order valence-electron chi connectivity index (χ4n) is 1.34. The lowest BCUT2D eigenvalue weighted by Crippen LogP contribution is -2.22. The molecular weight excluding hydrogens is 154 g/mol. The van der Waals surface area contributed by atoms with Crippen molar-refractivity contribution in [2.24, 2.45) is 5.73 Å². The maximum absolute atomic E-state index is 5.51. The first kappa shape index (κ1) is 9.96. The van der Waals surface area contributed by atoms with Crippen LogP contribution in [0.3, 0.4) is 0 Å². The predicted octanol–water partition coefficient (Wildman–Crippen LogP) is 1.27. The van der Waals surface area contributed by atoms with Gasteiger partial charge in [-0.1, -0.05) is 19.8 Å². The van der Waals surface area contributed by atoms with Gasteiger partial charge in [0.2, 0.25) is 0 Å². The molecule has 2 N–H and O–H groups in total. The third kappa shape index (κ3) is 3.09. The molecule has 3 heteroatoms. The topological polar surface area (TPSA) is 44.5 Å². The third-order valence-corrected chi connectivity index (χ3v) is 2.12. The van der Waals surface area contributed by atoms with Crippen molar-refractivity contribution in [1.29, 1.82) is 0 Å². The summed E-state index contributed by atoms with van der Waals surface area (Å²) in [6.45, 7) is 3.44. The van der Waals surface area contributed by atoms with Crippen LogP contribution in [0.4, 0.5) is 0 Å². The highest BCUT2D eigenvalue weighted by atomic mass is 16.7. The van der Waals surface area contributed by atoms with Crippen molar-refractivity contribution in [3.63, 3.8) is 0 Å². The Labute approximate surface area is 74.2 Å². The van der Waals surface area contributed by atoms with E-state index in [-0.39, 0.29) is 12.4 Å². The summed E-state index contributed by atoms with van der Waals surface area (Å²) in [6.07, 6.45) is 4.87. The monoisotopic (exact) mass is 173 g/mol. The minimum Gasteiger partial charge on any atom is -0.350 e. The van der Waals surface area contributed by atoms with E-state index in [0.29, 0.717) is 13.2 Å². The van der Waals surface area contributed by atoms with Crippen molar-refractivity contribution >= 4 is 0 Å². The van der Waals surface area contributed by atoms with Crippen molar-refractivity contribution in [1.82, 2.24) is 0 Å². The van der Waals surface area contributed by atoms with Crippen molar-refractivity contribution < 1.29 is 9.47 Å². The van der Waals surface area contributed by atoms with Gasteiger partial charge in [0.1, 0.15) is 0 Å². The van der Waals surface area contributed by atoms with Gasteiger partial charge in [0.15, 0.2) is 6.29 Å². The zero-order valence-electron chi connectivity index (χ0n) is 7.79. The fraction of sp³-hybridized carbons (Fsp3) is 1.00. The lowest BCUT2D eigenvalue weighted by atomic mass is 10.2. The van der Waals surface area contributed by atoms with E-state index in [1.807, 2.05) is 0 Å². The number of hydrogen-bond donors (Lipinski definition) is 1. The Kier molecular flexibility index (Phi) is 4.58. The number of ether oxygens (including phenoxy) is 2. The molecule has 12 heavy (non-hydrogen) atoms. The number of hydrogen-bond acceptors (Lipinski definition) is 3. The molecule has 0 saturated carbocycles. The normalized spacial score (nSPS) is 29.5. The molecule has 1 saturated heterocycles. The summed E-state index contributed by atoms with van der Waals surface area (Å²) in [5.41, 5.74) is 5.45. The average molecular weight is 173 g/mol. The Hall–Kier alpha value is -0.120. The summed E-state index contributed by atoms with van der Waals surface area (Å²) in [5, 5.41) is 0. The highest BCUT2D eigenvalue weighted by molar-refractivity contribution is 4.65. The first-order valence-corrected chi connectivity index (χ1v) is 4.84. The van der Waals surface area contributed by atoms with Gasteiger partial charge < -0.3 is 15.2 Å². The second-order valence-electron chi connectivity index (χ2n) is 3.25. The van der Waals surface area contributed by atoms with Crippen LogP contribution >= 0.6 is 0 Å². The molecule has 0 spiro atoms. The van der Waals surface area contributed by atoms with Crippen LogP contribution in [0.1, 0.15) is 32.6 Å². The van der Waals surface area contributed by atoms with Crippen LogP contribution in [-0.4, -0.2) is 25.5 Å². The molecule has 0 bridgehead atoms. The van der Waals surface area contributed by atoms with E-state index in [9.17, 15) is 0 Å². The Morgan fingerprint density at radius 2 is 2.25 bits per heavy atom. The Bertz CT molecular complexity index is 119. The van der Waals surface area contributed by atoms with Crippen molar-refractivity contribution in [2.45, 2.75) is 45.0 Å². The van der Waals surface area contributed by atoms with Gasteiger partial charge in [-0.25, -0.2) is 0 Å². The van der Waals surface area contributed by atoms with E-state index in [1.165, 1.54) is 19.3 Å². The van der Waals surface area contributed by atoms with Gasteiger partial charge in [0, 0.05) is 6.54 Å². The number of unbranched alkanes of at least 4 members (excludes halogenated alkanes) is 2. The maximum atomic E-state index is 5.51. The van der Waals surface area contributed by atoms with E-state index in [4.69, 9.17) is 15.2 Å². The molecule has 1 rings (SSSR count). The number of rotatable bonds is 5. The zero-order valence-corrected chi connectivity index (χ0v) is 7.79. The van der Waals surface area contributed by atoms with E-state index >= 15 is 0 Å². The van der Waals surface area contributed by atoms with Gasteiger partial charge in [-0.15, -0.1) is 0 Å². The van der Waals surface area contributed by atoms with Gasteiger partial charge in [-0.2, -0.15) is 0 Å². The molecular formula is C9H19NO2. The highest BCUT2D eigenvalue weighted by Crippen LogP contribution is 2.16. The minimum absolute atomic E-state index is 0.0186. The smallest absolute Gasteiger partial charge is 0.158 e. The lowest BCUT2D eigenvalue weighted by molar-refractivity contribution is -0.0616. The van der Waals surface area contributed by atoms with E-state index in [2.05, 4.69) is 6.92 Å². The van der Waals surface area contributed by atoms with Crippen LogP contribution in [0, 0.1) is 0 Å². The third-order valence-electron chi connectivity index (χ3n) is 2.12. The van der Waals surface area contributed by atoms with Crippen LogP contribution in [0.25, 0.3) is 0 Å². The van der Waals surface area contributed by atoms with Gasteiger partial charge in [-0.3, -0.25) is 0 Å². The summed E-state index contributed by atoms with van der Waals surface area (Å²) < 4.78 is 10.9. The highest BCUT2D eigenvalue weighted by Gasteiger charge is 2.23. The molecule has 0 radical (unpaired) electrons. The predicted molar refractivity (Wildman–Crippen MR) is 47.8 cm³/mol. The largest absolute Gasteiger partial charge is 0.350 e. The molecule has 0 aromatic carbocycles. The van der Waals surface area contributed by atoms with Crippen molar-refractivity contribution in [2.75, 3.05) is 13.2 Å². The molecule has 2 atom stereocenters. The van der Waals surface area contributed by atoms with Crippen LogP contribution in [0.15, 0.2) is 0 Å². The molecule has 1 aliphatic heterocycles. The standard InChI is InChI=1S/C9H19NO2/c1-2-3-4-5-9-11-7-8(6-10)12-9/h8-9H,2-7,10H2,1H3. The fourth-order valence-corrected chi connectivity index (χ4v) is 1.34. The molecule has 0 aliphatic carbocycles. The van der Waals surface area contributed by atoms with Crippen LogP contribution < -0.4 is 5.73 Å². The SMILES string of the molecule is CCCCCC1OCC(CN)O1. The van der Waals surface area contributed by atoms with Crippen molar-refractivity contribution in [3.05, 3.63) is 0 Å². The summed E-state index contributed by atoms with van der Waals surface area (Å²) >= 11 is 0. The molecule has 3 nitrogen and oxygen atoms in total. The zero-order chi connectivity index (χ0) is 8.81. The van der Waals surface area contributed by atoms with Crippen LogP contribution in [0.2, 0.25) is 0 Å². The molecule has 72 valence electrons. The van der Waals surface area contributed by atoms with Gasteiger partial charge >= 0.3 is 0 Å². The molecule has 0 aromatic heterocycles. The maximum Gasteiger partial charge on any atom is 0.158 e. The molecule has 2 unspecified atom stereocenters. The molecule has 1 fully saturated rings. The summed E-state index contributed by atoms with van der Waals surface area (Å²) in [5.74, 6) is 0. The molecule has 0 amide bonds. The lowest BCUT2D eigenvalue weighted by Gasteiger charge is -2.09. The van der Waals surface area contributed by atoms with E-state index in [0.717, 1.165) is 6.42 Å². The van der Waals surface area contributed by atoms with Crippen LogP contribution in [0.5, 0.6) is 0 Å². The van der Waals surface area contributed by atoms with Crippen LogP contribution in [-0.2, 0) is 9.47 Å². The second kappa shape index (κ2) is 5.51. The summed E-state index contributed by atoms with van der Waals surface area (Å²) in [7, 11) is 0. The molecule has 1 heterocycles. The van der Waals surface area contributed by atoms with Gasteiger partial charge in [0.25, 0.3) is 0 Å². The Morgan fingerprint density at radius 3 is 2.83 bits per heavy atom. The minimum atomic E-state index is 0.0186. The second-order valence-corrected chi connectivity index (χ2v) is 3.25. The van der Waals surface area contributed by atoms with Gasteiger partial charge in [0.05, 0.1) is 12.7 Å². The Morgan fingerprint density at radius 1 is 1.42 bits per heavy atom. The quantitative estimate of drug-likeness (QED) is 0.637.